The molecule has 4 heteroatoms. The van der Waals surface area contributed by atoms with Gasteiger partial charge in [-0.3, -0.25) is 4.79 Å². The van der Waals surface area contributed by atoms with Gasteiger partial charge in [0.25, 0.3) is 0 Å². The average Bonchev–Trinajstić information content (AvgIpc) is 3.36. The van der Waals surface area contributed by atoms with Gasteiger partial charge in [-0.2, -0.15) is 5.26 Å². The van der Waals surface area contributed by atoms with E-state index in [1.54, 1.807) is 0 Å². The Morgan fingerprint density at radius 3 is 2.45 bits per heavy atom. The van der Waals surface area contributed by atoms with Crippen LogP contribution in [0.1, 0.15) is 117 Å². The van der Waals surface area contributed by atoms with E-state index in [1.807, 2.05) is 24.3 Å². The zero-order valence-corrected chi connectivity index (χ0v) is 27.1. The van der Waals surface area contributed by atoms with Crippen LogP contribution in [0, 0.1) is 68.0 Å². The van der Waals surface area contributed by atoms with Crippen LogP contribution in [-0.2, 0) is 11.3 Å². The normalized spacial score (nSPS) is 45.4. The minimum Gasteiger partial charge on any atom is -0.393 e. The fraction of sp³-hybridized carbons (Fsp3) is 0.737. The Kier molecular flexibility index (Phi) is 7.09. The number of rotatable bonds is 4. The Labute approximate surface area is 254 Å². The molecule has 0 radical (unpaired) electrons. The van der Waals surface area contributed by atoms with Crippen molar-refractivity contribution in [3.63, 3.8) is 0 Å². The lowest BCUT2D eigenvalue weighted by molar-refractivity contribution is -0.246. The molecule has 5 aliphatic carbocycles. The van der Waals surface area contributed by atoms with Gasteiger partial charge < -0.3 is 10.4 Å². The fourth-order valence-electron chi connectivity index (χ4n) is 12.6. The first-order valence-electron chi connectivity index (χ1n) is 16.9. The van der Waals surface area contributed by atoms with Gasteiger partial charge in [-0.25, -0.2) is 0 Å². The first-order valence-corrected chi connectivity index (χ1v) is 16.9. The topological polar surface area (TPSA) is 73.1 Å². The van der Waals surface area contributed by atoms with Crippen LogP contribution in [0.5, 0.6) is 0 Å². The molecule has 5 saturated carbocycles. The Bertz CT molecular complexity index is 1310. The highest BCUT2D eigenvalue weighted by molar-refractivity contribution is 5.84. The van der Waals surface area contributed by atoms with Gasteiger partial charge in [0.15, 0.2) is 0 Å². The van der Waals surface area contributed by atoms with Crippen LogP contribution in [0.25, 0.3) is 0 Å². The monoisotopic (exact) mass is 570 g/mol. The molecule has 0 aliphatic heterocycles. The Morgan fingerprint density at radius 2 is 1.74 bits per heavy atom. The van der Waals surface area contributed by atoms with E-state index >= 15 is 0 Å². The van der Waals surface area contributed by atoms with Crippen LogP contribution in [0.15, 0.2) is 36.4 Å². The number of nitriles is 1. The summed E-state index contributed by atoms with van der Waals surface area (Å²) in [6.07, 6.45) is 10.9. The van der Waals surface area contributed by atoms with Crippen molar-refractivity contribution >= 4 is 5.91 Å². The number of aliphatic hydroxyl groups is 1. The Balaban J connectivity index is 1.32. The highest BCUT2D eigenvalue weighted by Gasteiger charge is 2.71. The molecule has 0 bridgehead atoms. The third-order valence-corrected chi connectivity index (χ3v) is 15.0. The van der Waals surface area contributed by atoms with Gasteiger partial charge in [-0.15, -0.1) is 0 Å². The van der Waals surface area contributed by atoms with E-state index in [0.717, 1.165) is 44.1 Å². The quantitative estimate of drug-likeness (QED) is 0.358. The standard InChI is InChI=1S/C38H54N2O2/c1-24(2)27-13-18-38(33(42)40-23-26-10-8-9-25(21-26)22-39)20-19-36(6)28(32(27)38)11-12-30-35(5)16-15-31(41)34(3,4)29(35)14-17-37(30,36)7/h8-10,21,27-32,41H,1,11-20,23H2,2-7H3,(H,40,42)/t27?,28?,29?,30?,31-,32?,35-,36+,37+,38-/m0/s1. The third kappa shape index (κ3) is 3.97. The van der Waals surface area contributed by atoms with Crippen molar-refractivity contribution < 1.29 is 9.90 Å². The molecule has 5 aliphatic rings. The van der Waals surface area contributed by atoms with Crippen molar-refractivity contribution in [3.8, 4) is 6.07 Å². The minimum atomic E-state index is -0.331. The van der Waals surface area contributed by atoms with Crippen LogP contribution in [0.4, 0.5) is 0 Å². The summed E-state index contributed by atoms with van der Waals surface area (Å²) < 4.78 is 0. The molecule has 6 rings (SSSR count). The van der Waals surface area contributed by atoms with Crippen LogP contribution >= 0.6 is 0 Å². The summed E-state index contributed by atoms with van der Waals surface area (Å²) in [6.45, 7) is 19.7. The maximum Gasteiger partial charge on any atom is 0.226 e. The number of carbonyl (C=O) groups excluding carboxylic acids is 1. The number of nitrogens with one attached hydrogen (secondary N) is 1. The average molecular weight is 571 g/mol. The lowest BCUT2D eigenvalue weighted by Crippen LogP contribution is -2.67. The minimum absolute atomic E-state index is 0.0326. The van der Waals surface area contributed by atoms with Crippen LogP contribution in [0.3, 0.4) is 0 Å². The first kappa shape index (κ1) is 29.9. The fourth-order valence-corrected chi connectivity index (χ4v) is 12.6. The van der Waals surface area contributed by atoms with Crippen molar-refractivity contribution in [1.29, 1.82) is 5.26 Å². The van der Waals surface area contributed by atoms with Gasteiger partial charge in [0.2, 0.25) is 5.91 Å². The molecular weight excluding hydrogens is 516 g/mol. The van der Waals surface area contributed by atoms with Crippen LogP contribution in [0.2, 0.25) is 0 Å². The first-order chi connectivity index (χ1) is 19.7. The lowest BCUT2D eigenvalue weighted by Gasteiger charge is -2.72. The molecular formula is C38H54N2O2. The van der Waals surface area contributed by atoms with E-state index in [1.165, 1.54) is 31.3 Å². The molecule has 5 unspecified atom stereocenters. The molecule has 1 amide bonds. The number of nitrogens with zero attached hydrogens (tertiary/aromatic N) is 1. The highest BCUT2D eigenvalue weighted by atomic mass is 16.3. The molecule has 228 valence electrons. The van der Waals surface area contributed by atoms with Gasteiger partial charge in [-0.05, 0) is 140 Å². The van der Waals surface area contributed by atoms with E-state index in [2.05, 4.69) is 59.5 Å². The van der Waals surface area contributed by atoms with E-state index in [9.17, 15) is 15.2 Å². The largest absolute Gasteiger partial charge is 0.393 e. The molecule has 1 aromatic rings. The molecule has 0 heterocycles. The second-order valence-electron chi connectivity index (χ2n) is 16.7. The summed E-state index contributed by atoms with van der Waals surface area (Å²) in [7, 11) is 0. The number of aliphatic hydroxyl groups excluding tert-OH is 1. The Hall–Kier alpha value is -2.12. The second-order valence-corrected chi connectivity index (χ2v) is 16.7. The van der Waals surface area contributed by atoms with Crippen molar-refractivity contribution in [2.24, 2.45) is 56.7 Å². The van der Waals surface area contributed by atoms with Gasteiger partial charge in [0.05, 0.1) is 23.2 Å². The summed E-state index contributed by atoms with van der Waals surface area (Å²) in [5.74, 6) is 2.72. The number of fused-ring (bicyclic) bond motifs is 7. The van der Waals surface area contributed by atoms with Gasteiger partial charge in [0.1, 0.15) is 0 Å². The van der Waals surface area contributed by atoms with Crippen molar-refractivity contribution in [3.05, 3.63) is 47.5 Å². The molecule has 42 heavy (non-hydrogen) atoms. The zero-order valence-electron chi connectivity index (χ0n) is 27.1. The smallest absolute Gasteiger partial charge is 0.226 e. The highest BCUT2D eigenvalue weighted by Crippen LogP contribution is 2.77. The number of hydrogen-bond donors (Lipinski definition) is 2. The van der Waals surface area contributed by atoms with Gasteiger partial charge >= 0.3 is 0 Å². The van der Waals surface area contributed by atoms with E-state index in [-0.39, 0.29) is 39.1 Å². The van der Waals surface area contributed by atoms with E-state index in [4.69, 9.17) is 0 Å². The SMILES string of the molecule is C=C(C)C1CC[C@]2(C(=O)NCc3cccc(C#N)c3)CC[C@]3(C)C(CCC4[C@@]5(C)CC[C@H](O)C(C)(C)C5CC[C@]43C)C12. The van der Waals surface area contributed by atoms with Crippen molar-refractivity contribution in [2.45, 2.75) is 118 Å². The predicted octanol–water partition coefficient (Wildman–Crippen LogP) is 8.19. The number of carbonyl (C=O) groups is 1. The molecule has 5 fully saturated rings. The van der Waals surface area contributed by atoms with Crippen molar-refractivity contribution in [2.75, 3.05) is 0 Å². The van der Waals surface area contributed by atoms with Gasteiger partial charge in [0, 0.05) is 6.54 Å². The summed E-state index contributed by atoms with van der Waals surface area (Å²) in [6, 6.07) is 9.84. The number of allylic oxidation sites excluding steroid dienone is 1. The lowest BCUT2D eigenvalue weighted by atomic mass is 9.32. The summed E-state index contributed by atoms with van der Waals surface area (Å²) >= 11 is 0. The summed E-state index contributed by atoms with van der Waals surface area (Å²) in [5.41, 5.74) is 3.21. The molecule has 1 aromatic carbocycles. The molecule has 4 nitrogen and oxygen atoms in total. The molecule has 0 aromatic heterocycles. The molecule has 0 spiro atoms. The Morgan fingerprint density at radius 1 is 0.976 bits per heavy atom. The van der Waals surface area contributed by atoms with Crippen LogP contribution < -0.4 is 5.32 Å². The van der Waals surface area contributed by atoms with Crippen molar-refractivity contribution in [1.82, 2.24) is 5.32 Å². The maximum atomic E-state index is 14.4. The number of amides is 1. The van der Waals surface area contributed by atoms with E-state index in [0.29, 0.717) is 41.7 Å². The maximum absolute atomic E-state index is 14.4. The molecule has 2 N–H and O–H groups in total. The zero-order chi connectivity index (χ0) is 30.3. The van der Waals surface area contributed by atoms with Crippen LogP contribution in [-0.4, -0.2) is 17.1 Å². The van der Waals surface area contributed by atoms with Gasteiger partial charge in [-0.1, -0.05) is 58.9 Å². The number of benzene rings is 1. The summed E-state index contributed by atoms with van der Waals surface area (Å²) in [5, 5.41) is 23.7. The predicted molar refractivity (Wildman–Crippen MR) is 168 cm³/mol. The summed E-state index contributed by atoms with van der Waals surface area (Å²) in [4.78, 5) is 14.4. The third-order valence-electron chi connectivity index (χ3n) is 15.0. The molecule has 0 saturated heterocycles. The van der Waals surface area contributed by atoms with E-state index < -0.39 is 0 Å². The molecule has 10 atom stereocenters. The number of hydrogen-bond acceptors (Lipinski definition) is 3. The second kappa shape index (κ2) is 9.95.